The molecule has 0 aromatic carbocycles. The van der Waals surface area contributed by atoms with E-state index in [1.165, 1.54) is 12.8 Å². The van der Waals surface area contributed by atoms with Gasteiger partial charge in [0.25, 0.3) is 0 Å². The number of nitrogens with zero attached hydrogens (tertiary/aromatic N) is 1. The molecular weight excluding hydrogens is 210 g/mol. The quantitative estimate of drug-likeness (QED) is 0.729. The zero-order valence-corrected chi connectivity index (χ0v) is 12.6. The second-order valence-corrected chi connectivity index (χ2v) is 7.64. The topological polar surface area (TPSA) is 20.3 Å². The minimum absolute atomic E-state index is 0.0270. The van der Waals surface area contributed by atoms with E-state index >= 15 is 0 Å². The van der Waals surface area contributed by atoms with E-state index < -0.39 is 0 Å². The Bertz CT molecular complexity index is 282. The van der Waals surface area contributed by atoms with Crippen molar-refractivity contribution in [3.63, 3.8) is 0 Å². The summed E-state index contributed by atoms with van der Waals surface area (Å²) in [5, 5.41) is 0. The minimum Gasteiger partial charge on any atom is -0.334 e. The lowest BCUT2D eigenvalue weighted by molar-refractivity contribution is -0.141. The highest BCUT2D eigenvalue weighted by Crippen LogP contribution is 2.39. The van der Waals surface area contributed by atoms with Crippen molar-refractivity contribution in [1.29, 1.82) is 0 Å². The maximum absolute atomic E-state index is 12.4. The molecule has 1 saturated carbocycles. The maximum Gasteiger partial charge on any atom is 0.225 e. The van der Waals surface area contributed by atoms with Crippen molar-refractivity contribution in [2.75, 3.05) is 0 Å². The first kappa shape index (κ1) is 14.5. The molecule has 17 heavy (non-hydrogen) atoms. The molecule has 1 amide bonds. The lowest BCUT2D eigenvalue weighted by atomic mass is 9.80. The van der Waals surface area contributed by atoms with Crippen LogP contribution in [-0.4, -0.2) is 22.4 Å². The molecular formula is C15H29NO. The average Bonchev–Trinajstić information content (AvgIpc) is 2.82. The Morgan fingerprint density at radius 2 is 1.65 bits per heavy atom. The zero-order chi connectivity index (χ0) is 13.4. The van der Waals surface area contributed by atoms with Gasteiger partial charge in [0.1, 0.15) is 0 Å². The molecule has 0 saturated heterocycles. The van der Waals surface area contributed by atoms with Crippen LogP contribution in [0, 0.1) is 11.3 Å². The second kappa shape index (κ2) is 4.62. The number of rotatable bonds is 4. The van der Waals surface area contributed by atoms with Gasteiger partial charge in [0.2, 0.25) is 5.91 Å². The molecule has 1 aliphatic rings. The molecule has 0 unspecified atom stereocenters. The molecule has 0 aromatic rings. The molecule has 0 radical (unpaired) electrons. The monoisotopic (exact) mass is 239 g/mol. The first-order valence-electron chi connectivity index (χ1n) is 6.88. The predicted octanol–water partition coefficient (Wildman–Crippen LogP) is 3.85. The fourth-order valence-corrected chi connectivity index (χ4v) is 2.97. The Hall–Kier alpha value is -0.530. The van der Waals surface area contributed by atoms with Crippen LogP contribution >= 0.6 is 0 Å². The molecule has 0 aromatic heterocycles. The van der Waals surface area contributed by atoms with Gasteiger partial charge in [0.05, 0.1) is 0 Å². The van der Waals surface area contributed by atoms with Crippen LogP contribution in [0.5, 0.6) is 0 Å². The molecule has 1 rings (SSSR count). The number of carbonyl (C=O) groups is 1. The molecule has 1 fully saturated rings. The lowest BCUT2D eigenvalue weighted by Gasteiger charge is -2.43. The van der Waals surface area contributed by atoms with Crippen molar-refractivity contribution in [3.05, 3.63) is 0 Å². The standard InChI is InChI=1S/C15H29NO/c1-11(2)13(17)16(12-8-9-12)15(6,7)10-14(3,4)5/h11-12H,8-10H2,1-7H3. The Balaban J connectivity index is 2.86. The highest BCUT2D eigenvalue weighted by molar-refractivity contribution is 5.79. The summed E-state index contributed by atoms with van der Waals surface area (Å²) < 4.78 is 0. The normalized spacial score (nSPS) is 17.4. The summed E-state index contributed by atoms with van der Waals surface area (Å²) in [6, 6.07) is 0.502. The highest BCUT2D eigenvalue weighted by Gasteiger charge is 2.43. The number of amides is 1. The van der Waals surface area contributed by atoms with Gasteiger partial charge in [-0.2, -0.15) is 0 Å². The van der Waals surface area contributed by atoms with Crippen LogP contribution in [0.25, 0.3) is 0 Å². The van der Waals surface area contributed by atoms with Crippen LogP contribution in [0.1, 0.15) is 67.7 Å². The van der Waals surface area contributed by atoms with Crippen LogP contribution < -0.4 is 0 Å². The number of hydrogen-bond acceptors (Lipinski definition) is 1. The van der Waals surface area contributed by atoms with E-state index in [0.29, 0.717) is 11.9 Å². The Kier molecular flexibility index (Phi) is 3.95. The SMILES string of the molecule is CC(C)C(=O)N(C1CC1)C(C)(C)CC(C)(C)C. The minimum atomic E-state index is -0.0270. The zero-order valence-electron chi connectivity index (χ0n) is 12.6. The summed E-state index contributed by atoms with van der Waals surface area (Å²) in [5.41, 5.74) is 0.231. The van der Waals surface area contributed by atoms with Crippen LogP contribution in [-0.2, 0) is 4.79 Å². The predicted molar refractivity (Wildman–Crippen MR) is 72.9 cm³/mol. The van der Waals surface area contributed by atoms with Crippen molar-refractivity contribution < 1.29 is 4.79 Å². The molecule has 0 N–H and O–H groups in total. The fourth-order valence-electron chi connectivity index (χ4n) is 2.97. The third kappa shape index (κ3) is 4.01. The van der Waals surface area contributed by atoms with E-state index in [0.717, 1.165) is 6.42 Å². The van der Waals surface area contributed by atoms with Crippen LogP contribution in [0.2, 0.25) is 0 Å². The highest BCUT2D eigenvalue weighted by atomic mass is 16.2. The van der Waals surface area contributed by atoms with Crippen LogP contribution in [0.15, 0.2) is 0 Å². The molecule has 0 heterocycles. The van der Waals surface area contributed by atoms with E-state index in [-0.39, 0.29) is 16.9 Å². The fraction of sp³-hybridized carbons (Fsp3) is 0.933. The van der Waals surface area contributed by atoms with Gasteiger partial charge in [-0.25, -0.2) is 0 Å². The summed E-state index contributed by atoms with van der Waals surface area (Å²) in [6.07, 6.45) is 3.42. The summed E-state index contributed by atoms with van der Waals surface area (Å²) in [5.74, 6) is 0.427. The van der Waals surface area contributed by atoms with E-state index in [4.69, 9.17) is 0 Å². The molecule has 0 aliphatic heterocycles. The van der Waals surface area contributed by atoms with E-state index in [1.54, 1.807) is 0 Å². The Labute approximate surface area is 107 Å². The van der Waals surface area contributed by atoms with Gasteiger partial charge in [-0.3, -0.25) is 4.79 Å². The van der Waals surface area contributed by atoms with Crippen LogP contribution in [0.3, 0.4) is 0 Å². The van der Waals surface area contributed by atoms with Gasteiger partial charge in [0, 0.05) is 17.5 Å². The maximum atomic E-state index is 12.4. The molecule has 1 aliphatic carbocycles. The van der Waals surface area contributed by atoms with Gasteiger partial charge in [0.15, 0.2) is 0 Å². The van der Waals surface area contributed by atoms with Crippen molar-refractivity contribution in [2.45, 2.75) is 79.3 Å². The average molecular weight is 239 g/mol. The van der Waals surface area contributed by atoms with Gasteiger partial charge in [-0.1, -0.05) is 34.6 Å². The molecule has 0 atom stereocenters. The first-order chi connectivity index (χ1) is 7.54. The van der Waals surface area contributed by atoms with Crippen molar-refractivity contribution in [1.82, 2.24) is 4.90 Å². The third-order valence-corrected chi connectivity index (χ3v) is 3.26. The summed E-state index contributed by atoms with van der Waals surface area (Å²) in [7, 11) is 0. The smallest absolute Gasteiger partial charge is 0.225 e. The van der Waals surface area contributed by atoms with Gasteiger partial charge < -0.3 is 4.90 Å². The Morgan fingerprint density at radius 3 is 1.94 bits per heavy atom. The first-order valence-corrected chi connectivity index (χ1v) is 6.88. The van der Waals surface area contributed by atoms with E-state index in [2.05, 4.69) is 39.5 Å². The van der Waals surface area contributed by atoms with Crippen LogP contribution in [0.4, 0.5) is 0 Å². The Morgan fingerprint density at radius 1 is 1.18 bits per heavy atom. The van der Waals surface area contributed by atoms with Crippen molar-refractivity contribution >= 4 is 5.91 Å². The van der Waals surface area contributed by atoms with Gasteiger partial charge in [-0.15, -0.1) is 0 Å². The molecule has 2 nitrogen and oxygen atoms in total. The van der Waals surface area contributed by atoms with E-state index in [9.17, 15) is 4.79 Å². The molecule has 100 valence electrons. The van der Waals surface area contributed by atoms with Gasteiger partial charge >= 0.3 is 0 Å². The largest absolute Gasteiger partial charge is 0.334 e. The molecule has 0 spiro atoms. The summed E-state index contributed by atoms with van der Waals surface area (Å²) in [4.78, 5) is 14.6. The number of hydrogen-bond donors (Lipinski definition) is 0. The molecule has 2 heteroatoms. The van der Waals surface area contributed by atoms with Crippen molar-refractivity contribution in [3.8, 4) is 0 Å². The van der Waals surface area contributed by atoms with Crippen molar-refractivity contribution in [2.24, 2.45) is 11.3 Å². The summed E-state index contributed by atoms with van der Waals surface area (Å²) >= 11 is 0. The summed E-state index contributed by atoms with van der Waals surface area (Å²) in [6.45, 7) is 15.2. The lowest BCUT2D eigenvalue weighted by Crippen LogP contribution is -2.52. The third-order valence-electron chi connectivity index (χ3n) is 3.26. The second-order valence-electron chi connectivity index (χ2n) is 7.64. The van der Waals surface area contributed by atoms with E-state index in [1.807, 2.05) is 13.8 Å². The molecule has 0 bridgehead atoms. The van der Waals surface area contributed by atoms with Gasteiger partial charge in [-0.05, 0) is 38.5 Å². The number of carbonyl (C=O) groups excluding carboxylic acids is 1.